The van der Waals surface area contributed by atoms with Gasteiger partial charge in [0.15, 0.2) is 0 Å². The first-order chi connectivity index (χ1) is 9.01. The van der Waals surface area contributed by atoms with E-state index in [2.05, 4.69) is 56.9 Å². The molecule has 1 N–H and O–H groups in total. The number of hydrogen-bond donors (Lipinski definition) is 1. The van der Waals surface area contributed by atoms with Gasteiger partial charge in [0, 0.05) is 31.6 Å². The first-order valence-electron chi connectivity index (χ1n) is 7.34. The highest BCUT2D eigenvalue weighted by atomic mass is 15.2. The molecule has 1 rings (SSSR count). The van der Waals surface area contributed by atoms with E-state index in [1.54, 1.807) is 0 Å². The Kier molecular flexibility index (Phi) is 6.06. The average Bonchev–Trinajstić information content (AvgIpc) is 2.38. The number of anilines is 2. The summed E-state index contributed by atoms with van der Waals surface area (Å²) in [5.41, 5.74) is 1.14. The van der Waals surface area contributed by atoms with E-state index in [9.17, 15) is 0 Å². The van der Waals surface area contributed by atoms with E-state index in [1.807, 2.05) is 0 Å². The van der Waals surface area contributed by atoms with Crippen molar-refractivity contribution in [2.75, 3.05) is 30.4 Å². The molecule has 4 heteroatoms. The molecule has 0 aliphatic rings. The maximum Gasteiger partial charge on any atom is 0.137 e. The lowest BCUT2D eigenvalue weighted by Crippen LogP contribution is -2.22. The number of unbranched alkanes of at least 4 members (excludes halogenated alkanes) is 1. The molecule has 0 radical (unpaired) electrons. The van der Waals surface area contributed by atoms with Crippen molar-refractivity contribution in [1.29, 1.82) is 0 Å². The molecule has 4 nitrogen and oxygen atoms in total. The molecular formula is C15H28N4. The van der Waals surface area contributed by atoms with Crippen molar-refractivity contribution in [3.63, 3.8) is 0 Å². The molecule has 0 spiro atoms. The van der Waals surface area contributed by atoms with E-state index < -0.39 is 0 Å². The number of rotatable bonds is 7. The van der Waals surface area contributed by atoms with Crippen LogP contribution < -0.4 is 10.2 Å². The molecule has 0 bridgehead atoms. The van der Waals surface area contributed by atoms with Crippen LogP contribution >= 0.6 is 0 Å². The summed E-state index contributed by atoms with van der Waals surface area (Å²) < 4.78 is 0. The molecule has 1 aromatic rings. The summed E-state index contributed by atoms with van der Waals surface area (Å²) in [6.45, 7) is 12.6. The Morgan fingerprint density at radius 3 is 2.42 bits per heavy atom. The fourth-order valence-corrected chi connectivity index (χ4v) is 1.99. The molecule has 0 aliphatic heterocycles. The standard InChI is InChI=1S/C15H28N4/c1-7-9-10-19(6)15-12(5)14(16-8-2)17-13(18-15)11(3)4/h11H,7-10H2,1-6H3,(H,16,17,18). The minimum absolute atomic E-state index is 0.344. The van der Waals surface area contributed by atoms with Crippen LogP contribution in [0.4, 0.5) is 11.6 Å². The Bertz CT molecular complexity index is 401. The van der Waals surface area contributed by atoms with Gasteiger partial charge in [-0.25, -0.2) is 9.97 Å². The molecule has 0 aromatic carbocycles. The van der Waals surface area contributed by atoms with Crippen LogP contribution in [0.5, 0.6) is 0 Å². The van der Waals surface area contributed by atoms with Crippen LogP contribution in [-0.2, 0) is 0 Å². The summed E-state index contributed by atoms with van der Waals surface area (Å²) in [6, 6.07) is 0. The Morgan fingerprint density at radius 2 is 1.89 bits per heavy atom. The molecule has 19 heavy (non-hydrogen) atoms. The second-order valence-corrected chi connectivity index (χ2v) is 5.34. The molecule has 1 aromatic heterocycles. The molecule has 0 fully saturated rings. The van der Waals surface area contributed by atoms with Crippen molar-refractivity contribution in [2.24, 2.45) is 0 Å². The van der Waals surface area contributed by atoms with Crippen LogP contribution in [0.3, 0.4) is 0 Å². The second kappa shape index (κ2) is 7.31. The first kappa shape index (κ1) is 15.7. The lowest BCUT2D eigenvalue weighted by atomic mass is 10.2. The van der Waals surface area contributed by atoms with Crippen LogP contribution in [0.15, 0.2) is 0 Å². The van der Waals surface area contributed by atoms with Gasteiger partial charge in [-0.15, -0.1) is 0 Å². The summed E-state index contributed by atoms with van der Waals surface area (Å²) >= 11 is 0. The van der Waals surface area contributed by atoms with Crippen LogP contribution in [0.25, 0.3) is 0 Å². The molecule has 0 aliphatic carbocycles. The topological polar surface area (TPSA) is 41.1 Å². The molecule has 108 valence electrons. The minimum atomic E-state index is 0.344. The molecule has 0 amide bonds. The highest BCUT2D eigenvalue weighted by Crippen LogP contribution is 2.25. The maximum absolute atomic E-state index is 4.74. The normalized spacial score (nSPS) is 10.9. The van der Waals surface area contributed by atoms with Crippen LogP contribution in [0.2, 0.25) is 0 Å². The van der Waals surface area contributed by atoms with Gasteiger partial charge in [-0.1, -0.05) is 27.2 Å². The first-order valence-corrected chi connectivity index (χ1v) is 7.34. The zero-order valence-electron chi connectivity index (χ0n) is 13.2. The third kappa shape index (κ3) is 4.08. The fourth-order valence-electron chi connectivity index (χ4n) is 1.99. The van der Waals surface area contributed by atoms with Gasteiger partial charge in [-0.2, -0.15) is 0 Å². The lowest BCUT2D eigenvalue weighted by Gasteiger charge is -2.23. The van der Waals surface area contributed by atoms with Crippen molar-refractivity contribution in [2.45, 2.75) is 53.4 Å². The van der Waals surface area contributed by atoms with E-state index in [4.69, 9.17) is 4.98 Å². The summed E-state index contributed by atoms with van der Waals surface area (Å²) in [5.74, 6) is 3.29. The molecular weight excluding hydrogens is 236 g/mol. The van der Waals surface area contributed by atoms with Crippen LogP contribution in [-0.4, -0.2) is 30.1 Å². The van der Waals surface area contributed by atoms with Gasteiger partial charge in [-0.3, -0.25) is 0 Å². The third-order valence-electron chi connectivity index (χ3n) is 3.21. The van der Waals surface area contributed by atoms with E-state index >= 15 is 0 Å². The van der Waals surface area contributed by atoms with Gasteiger partial charge in [0.2, 0.25) is 0 Å². The van der Waals surface area contributed by atoms with Gasteiger partial charge >= 0.3 is 0 Å². The van der Waals surface area contributed by atoms with Crippen LogP contribution in [0.1, 0.15) is 57.8 Å². The number of nitrogens with zero attached hydrogens (tertiary/aromatic N) is 3. The van der Waals surface area contributed by atoms with Crippen molar-refractivity contribution in [3.05, 3.63) is 11.4 Å². The Balaban J connectivity index is 3.13. The van der Waals surface area contributed by atoms with Crippen LogP contribution in [0, 0.1) is 6.92 Å². The molecule has 0 saturated carbocycles. The Hall–Kier alpha value is -1.32. The second-order valence-electron chi connectivity index (χ2n) is 5.34. The third-order valence-corrected chi connectivity index (χ3v) is 3.21. The predicted molar refractivity (Wildman–Crippen MR) is 83.2 cm³/mol. The minimum Gasteiger partial charge on any atom is -0.370 e. The van der Waals surface area contributed by atoms with Gasteiger partial charge in [0.05, 0.1) is 0 Å². The maximum atomic E-state index is 4.74. The molecule has 0 unspecified atom stereocenters. The zero-order chi connectivity index (χ0) is 14.4. The van der Waals surface area contributed by atoms with Crippen molar-refractivity contribution < 1.29 is 0 Å². The zero-order valence-corrected chi connectivity index (χ0v) is 13.2. The van der Waals surface area contributed by atoms with Gasteiger partial charge in [0.25, 0.3) is 0 Å². The van der Waals surface area contributed by atoms with Crippen molar-refractivity contribution in [1.82, 2.24) is 9.97 Å². The van der Waals surface area contributed by atoms with Crippen molar-refractivity contribution >= 4 is 11.6 Å². The number of hydrogen-bond acceptors (Lipinski definition) is 4. The number of nitrogens with one attached hydrogen (secondary N) is 1. The Labute approximate surface area is 117 Å². The average molecular weight is 264 g/mol. The van der Waals surface area contributed by atoms with E-state index in [0.29, 0.717) is 5.92 Å². The predicted octanol–water partition coefficient (Wildman–Crippen LogP) is 3.58. The largest absolute Gasteiger partial charge is 0.370 e. The smallest absolute Gasteiger partial charge is 0.137 e. The highest BCUT2D eigenvalue weighted by Gasteiger charge is 2.15. The van der Waals surface area contributed by atoms with E-state index in [1.165, 1.54) is 12.8 Å². The van der Waals surface area contributed by atoms with Crippen molar-refractivity contribution in [3.8, 4) is 0 Å². The van der Waals surface area contributed by atoms with E-state index in [-0.39, 0.29) is 0 Å². The Morgan fingerprint density at radius 1 is 1.21 bits per heavy atom. The highest BCUT2D eigenvalue weighted by molar-refractivity contribution is 5.58. The van der Waals surface area contributed by atoms with Gasteiger partial charge in [0.1, 0.15) is 17.5 Å². The quantitative estimate of drug-likeness (QED) is 0.817. The molecule has 0 atom stereocenters. The SMILES string of the molecule is CCCCN(C)c1nc(C(C)C)nc(NCC)c1C. The summed E-state index contributed by atoms with van der Waals surface area (Å²) in [4.78, 5) is 11.6. The lowest BCUT2D eigenvalue weighted by molar-refractivity contribution is 0.732. The summed E-state index contributed by atoms with van der Waals surface area (Å²) in [6.07, 6.45) is 2.39. The van der Waals surface area contributed by atoms with E-state index in [0.717, 1.165) is 36.1 Å². The fraction of sp³-hybridized carbons (Fsp3) is 0.733. The monoisotopic (exact) mass is 264 g/mol. The summed E-state index contributed by atoms with van der Waals surface area (Å²) in [7, 11) is 2.12. The van der Waals surface area contributed by atoms with Gasteiger partial charge in [-0.05, 0) is 20.3 Å². The summed E-state index contributed by atoms with van der Waals surface area (Å²) in [5, 5.41) is 3.34. The number of aromatic nitrogens is 2. The molecule has 0 saturated heterocycles. The molecule has 1 heterocycles. The van der Waals surface area contributed by atoms with Gasteiger partial charge < -0.3 is 10.2 Å².